The van der Waals surface area contributed by atoms with Gasteiger partial charge in [0.1, 0.15) is 5.82 Å². The summed E-state index contributed by atoms with van der Waals surface area (Å²) in [6.45, 7) is 10.3. The number of ether oxygens (including phenoxy) is 1. The Morgan fingerprint density at radius 3 is 2.68 bits per heavy atom. The van der Waals surface area contributed by atoms with Crippen molar-refractivity contribution in [2.45, 2.75) is 32.7 Å². The summed E-state index contributed by atoms with van der Waals surface area (Å²) < 4.78 is 7.83. The molecule has 1 atom stereocenters. The molecule has 0 unspecified atom stereocenters. The second-order valence-electron chi connectivity index (χ2n) is 8.76. The van der Waals surface area contributed by atoms with Crippen molar-refractivity contribution in [1.29, 1.82) is 0 Å². The maximum Gasteiger partial charge on any atom is 0.227 e. The smallest absolute Gasteiger partial charge is 0.227 e. The lowest BCUT2D eigenvalue weighted by Crippen LogP contribution is -2.38. The minimum atomic E-state index is 0.102. The molecule has 0 bridgehead atoms. The van der Waals surface area contributed by atoms with Crippen LogP contribution in [0.4, 0.5) is 5.69 Å². The van der Waals surface area contributed by atoms with Gasteiger partial charge in [0.05, 0.1) is 24.2 Å². The van der Waals surface area contributed by atoms with Crippen molar-refractivity contribution in [3.63, 3.8) is 0 Å². The molecule has 0 saturated carbocycles. The van der Waals surface area contributed by atoms with E-state index in [1.54, 1.807) is 0 Å². The molecule has 162 valence electrons. The van der Waals surface area contributed by atoms with Crippen LogP contribution in [0.15, 0.2) is 42.5 Å². The van der Waals surface area contributed by atoms with E-state index in [9.17, 15) is 4.79 Å². The first-order valence-corrected chi connectivity index (χ1v) is 11.2. The van der Waals surface area contributed by atoms with E-state index in [1.165, 1.54) is 5.56 Å². The number of imidazole rings is 1. The zero-order valence-corrected chi connectivity index (χ0v) is 18.4. The molecule has 2 aliphatic heterocycles. The number of amides is 1. The van der Waals surface area contributed by atoms with Crippen LogP contribution in [0.2, 0.25) is 0 Å². The van der Waals surface area contributed by atoms with Gasteiger partial charge in [-0.15, -0.1) is 0 Å². The highest BCUT2D eigenvalue weighted by Gasteiger charge is 2.35. The Morgan fingerprint density at radius 1 is 1.06 bits per heavy atom. The number of hydrogen-bond donors (Lipinski definition) is 0. The molecule has 2 saturated heterocycles. The minimum Gasteiger partial charge on any atom is -0.379 e. The summed E-state index contributed by atoms with van der Waals surface area (Å²) in [4.78, 5) is 22.4. The van der Waals surface area contributed by atoms with E-state index >= 15 is 0 Å². The van der Waals surface area contributed by atoms with Crippen molar-refractivity contribution in [3.8, 4) is 0 Å². The highest BCUT2D eigenvalue weighted by molar-refractivity contribution is 5.97. The van der Waals surface area contributed by atoms with Crippen LogP contribution in [-0.4, -0.2) is 59.8 Å². The normalized spacial score (nSPS) is 20.1. The van der Waals surface area contributed by atoms with E-state index in [2.05, 4.69) is 59.7 Å². The van der Waals surface area contributed by atoms with Crippen LogP contribution in [0.5, 0.6) is 0 Å². The number of rotatable bonds is 5. The van der Waals surface area contributed by atoms with Crippen LogP contribution < -0.4 is 4.90 Å². The van der Waals surface area contributed by atoms with Gasteiger partial charge in [0.2, 0.25) is 5.91 Å². The number of fused-ring (bicyclic) bond motifs is 1. The van der Waals surface area contributed by atoms with Gasteiger partial charge in [-0.25, -0.2) is 4.98 Å². The van der Waals surface area contributed by atoms with Crippen LogP contribution in [0.3, 0.4) is 0 Å². The third-order valence-electron chi connectivity index (χ3n) is 6.56. The molecule has 31 heavy (non-hydrogen) atoms. The Morgan fingerprint density at radius 2 is 1.87 bits per heavy atom. The molecule has 1 aromatic heterocycles. The van der Waals surface area contributed by atoms with Crippen molar-refractivity contribution in [3.05, 3.63) is 59.4 Å². The summed E-state index contributed by atoms with van der Waals surface area (Å²) in [6, 6.07) is 14.6. The second-order valence-corrected chi connectivity index (χ2v) is 8.76. The van der Waals surface area contributed by atoms with Gasteiger partial charge in [-0.05, 0) is 37.6 Å². The molecule has 3 aromatic rings. The minimum absolute atomic E-state index is 0.102. The Hall–Kier alpha value is -2.70. The van der Waals surface area contributed by atoms with Crippen molar-refractivity contribution in [2.75, 3.05) is 44.3 Å². The topological polar surface area (TPSA) is 50.6 Å². The Bertz CT molecular complexity index is 1100. The lowest BCUT2D eigenvalue weighted by Gasteiger charge is -2.27. The summed E-state index contributed by atoms with van der Waals surface area (Å²) in [6.07, 6.45) is 0.508. The number of aryl methyl sites for hydroxylation is 2. The summed E-state index contributed by atoms with van der Waals surface area (Å²) in [5, 5.41) is 0. The largest absolute Gasteiger partial charge is 0.379 e. The quantitative estimate of drug-likeness (QED) is 0.636. The molecule has 1 amide bonds. The van der Waals surface area contributed by atoms with Crippen LogP contribution in [0, 0.1) is 13.8 Å². The third-order valence-corrected chi connectivity index (χ3v) is 6.56. The lowest BCUT2D eigenvalue weighted by atomic mass is 10.1. The Labute approximate surface area is 183 Å². The summed E-state index contributed by atoms with van der Waals surface area (Å²) in [7, 11) is 0. The predicted octanol–water partition coefficient (Wildman–Crippen LogP) is 3.51. The Kier molecular flexibility index (Phi) is 5.50. The van der Waals surface area contributed by atoms with Gasteiger partial charge in [-0.2, -0.15) is 0 Å². The predicted molar refractivity (Wildman–Crippen MR) is 123 cm³/mol. The SMILES string of the molecule is Cc1ccc(N2C[C@H](c3nc4ccccc4n3CCN3CCOCC3)CC2=O)c(C)c1. The van der Waals surface area contributed by atoms with Gasteiger partial charge in [-0.3, -0.25) is 9.69 Å². The first-order valence-electron chi connectivity index (χ1n) is 11.2. The van der Waals surface area contributed by atoms with Gasteiger partial charge in [-0.1, -0.05) is 29.8 Å². The number of carbonyl (C=O) groups excluding carboxylic acids is 1. The van der Waals surface area contributed by atoms with E-state index in [-0.39, 0.29) is 11.8 Å². The van der Waals surface area contributed by atoms with E-state index < -0.39 is 0 Å². The van der Waals surface area contributed by atoms with Gasteiger partial charge in [0, 0.05) is 50.7 Å². The highest BCUT2D eigenvalue weighted by atomic mass is 16.5. The number of carbonyl (C=O) groups is 1. The maximum atomic E-state index is 13.0. The van der Waals surface area contributed by atoms with Crippen LogP contribution >= 0.6 is 0 Å². The van der Waals surface area contributed by atoms with Crippen LogP contribution in [0.1, 0.15) is 29.3 Å². The maximum absolute atomic E-state index is 13.0. The summed E-state index contributed by atoms with van der Waals surface area (Å²) >= 11 is 0. The van der Waals surface area contributed by atoms with Gasteiger partial charge in [0.15, 0.2) is 0 Å². The van der Waals surface area contributed by atoms with E-state index in [1.807, 2.05) is 11.0 Å². The van der Waals surface area contributed by atoms with Crippen molar-refractivity contribution in [1.82, 2.24) is 14.5 Å². The molecule has 5 rings (SSSR count). The molecular weight excluding hydrogens is 388 g/mol. The Balaban J connectivity index is 1.43. The molecule has 0 radical (unpaired) electrons. The fourth-order valence-corrected chi connectivity index (χ4v) is 4.93. The molecule has 0 spiro atoms. The standard InChI is InChI=1S/C25H30N4O2/c1-18-7-8-22(19(2)15-18)29-17-20(16-24(29)30)25-26-21-5-3-4-6-23(21)28(25)10-9-27-11-13-31-14-12-27/h3-8,15,20H,9-14,16-17H2,1-2H3/t20-/m1/s1. The number of morpholine rings is 1. The van der Waals surface area contributed by atoms with Crippen molar-refractivity contribution in [2.24, 2.45) is 0 Å². The van der Waals surface area contributed by atoms with Crippen LogP contribution in [-0.2, 0) is 16.1 Å². The average molecular weight is 419 g/mol. The number of para-hydroxylation sites is 2. The number of benzene rings is 2. The molecule has 2 aliphatic rings. The molecule has 0 N–H and O–H groups in total. The number of anilines is 1. The number of hydrogen-bond acceptors (Lipinski definition) is 4. The second kappa shape index (κ2) is 8.44. The molecule has 6 nitrogen and oxygen atoms in total. The van der Waals surface area contributed by atoms with Gasteiger partial charge in [0.25, 0.3) is 0 Å². The van der Waals surface area contributed by atoms with E-state index in [0.717, 1.165) is 67.5 Å². The fraction of sp³-hybridized carbons (Fsp3) is 0.440. The summed E-state index contributed by atoms with van der Waals surface area (Å²) in [5.41, 5.74) is 5.55. The first kappa shape index (κ1) is 20.2. The number of nitrogens with zero attached hydrogens (tertiary/aromatic N) is 4. The van der Waals surface area contributed by atoms with Gasteiger partial charge < -0.3 is 14.2 Å². The third kappa shape index (κ3) is 3.98. The van der Waals surface area contributed by atoms with Crippen molar-refractivity contribution < 1.29 is 9.53 Å². The average Bonchev–Trinajstić information content (AvgIpc) is 3.33. The lowest BCUT2D eigenvalue weighted by molar-refractivity contribution is -0.117. The molecule has 0 aliphatic carbocycles. The first-order chi connectivity index (χ1) is 15.1. The zero-order valence-electron chi connectivity index (χ0n) is 18.4. The fourth-order valence-electron chi connectivity index (χ4n) is 4.93. The van der Waals surface area contributed by atoms with Crippen LogP contribution in [0.25, 0.3) is 11.0 Å². The molecular formula is C25H30N4O2. The number of aromatic nitrogens is 2. The summed E-state index contributed by atoms with van der Waals surface area (Å²) in [5.74, 6) is 1.32. The zero-order chi connectivity index (χ0) is 21.4. The van der Waals surface area contributed by atoms with E-state index in [4.69, 9.17) is 9.72 Å². The monoisotopic (exact) mass is 418 g/mol. The van der Waals surface area contributed by atoms with E-state index in [0.29, 0.717) is 13.0 Å². The van der Waals surface area contributed by atoms with Crippen molar-refractivity contribution >= 4 is 22.6 Å². The molecule has 2 fully saturated rings. The van der Waals surface area contributed by atoms with Gasteiger partial charge >= 0.3 is 0 Å². The molecule has 3 heterocycles. The molecule has 6 heteroatoms. The molecule has 2 aromatic carbocycles. The highest BCUT2D eigenvalue weighted by Crippen LogP contribution is 2.34.